The monoisotopic (exact) mass is 216 g/mol. The summed E-state index contributed by atoms with van der Waals surface area (Å²) in [6.45, 7) is 0. The average Bonchev–Trinajstić information content (AvgIpc) is 2.30. The third kappa shape index (κ3) is 2.17. The third-order valence-electron chi connectivity index (χ3n) is 2.13. The minimum absolute atomic E-state index is 0.0107. The summed E-state index contributed by atoms with van der Waals surface area (Å²) in [5, 5.41) is 19.0. The van der Waals surface area contributed by atoms with Crippen molar-refractivity contribution >= 4 is 11.4 Å². The Morgan fingerprint density at radius 3 is 1.94 bits per heavy atom. The van der Waals surface area contributed by atoms with Crippen molar-refractivity contribution in [1.29, 1.82) is 0 Å². The molecule has 0 radical (unpaired) electrons. The lowest BCUT2D eigenvalue weighted by Crippen LogP contribution is -2.08. The molecular weight excluding hydrogens is 204 g/mol. The molecule has 2 rings (SSSR count). The fraction of sp³-hybridized carbons (Fsp3) is 0. The van der Waals surface area contributed by atoms with Gasteiger partial charge in [-0.15, -0.1) is 0 Å². The number of phenolic OH excluding ortho intramolecular Hbond substituents is 2. The lowest BCUT2D eigenvalue weighted by atomic mass is 10.3. The van der Waals surface area contributed by atoms with Crippen molar-refractivity contribution in [2.75, 3.05) is 10.9 Å². The average molecular weight is 216 g/mol. The predicted molar refractivity (Wildman–Crippen MR) is 63.5 cm³/mol. The normalized spacial score (nSPS) is 9.75. The molecule has 0 saturated carbocycles. The molecule has 0 aliphatic rings. The molecule has 0 saturated heterocycles. The largest absolute Gasteiger partial charge is 0.506 e. The van der Waals surface area contributed by atoms with Crippen LogP contribution in [0.25, 0.3) is 0 Å². The molecule has 0 aliphatic carbocycles. The van der Waals surface area contributed by atoms with E-state index in [1.807, 2.05) is 30.3 Å². The molecule has 0 atom stereocenters. The molecule has 0 fully saturated rings. The molecule has 4 nitrogen and oxygen atoms in total. The van der Waals surface area contributed by atoms with Gasteiger partial charge in [0, 0.05) is 0 Å². The fourth-order valence-corrected chi connectivity index (χ4v) is 1.31. The van der Waals surface area contributed by atoms with Crippen molar-refractivity contribution in [2.45, 2.75) is 0 Å². The number of benzene rings is 2. The van der Waals surface area contributed by atoms with Crippen LogP contribution in [0.2, 0.25) is 0 Å². The van der Waals surface area contributed by atoms with E-state index in [-0.39, 0.29) is 17.2 Å². The number of aromatic hydroxyl groups is 2. The van der Waals surface area contributed by atoms with E-state index in [0.717, 1.165) is 5.69 Å². The van der Waals surface area contributed by atoms with E-state index in [1.54, 1.807) is 6.07 Å². The predicted octanol–water partition coefficient (Wildman–Crippen LogP) is 2.54. The van der Waals surface area contributed by atoms with Crippen molar-refractivity contribution < 1.29 is 10.2 Å². The molecular formula is C12H12N2O2. The van der Waals surface area contributed by atoms with E-state index in [2.05, 4.69) is 10.9 Å². The SMILES string of the molecule is Oc1cccc(O)c1NNc1ccccc1. The van der Waals surface area contributed by atoms with Crippen molar-refractivity contribution in [3.8, 4) is 11.5 Å². The highest BCUT2D eigenvalue weighted by Gasteiger charge is 2.05. The van der Waals surface area contributed by atoms with Gasteiger partial charge in [0.05, 0.1) is 5.69 Å². The molecule has 0 aliphatic heterocycles. The molecule has 2 aromatic rings. The number of nitrogens with one attached hydrogen (secondary N) is 2. The summed E-state index contributed by atoms with van der Waals surface area (Å²) in [7, 11) is 0. The van der Waals surface area contributed by atoms with E-state index in [9.17, 15) is 10.2 Å². The van der Waals surface area contributed by atoms with Crippen molar-refractivity contribution in [2.24, 2.45) is 0 Å². The van der Waals surface area contributed by atoms with Gasteiger partial charge < -0.3 is 15.6 Å². The Labute approximate surface area is 93.1 Å². The van der Waals surface area contributed by atoms with Crippen molar-refractivity contribution in [3.05, 3.63) is 48.5 Å². The van der Waals surface area contributed by atoms with Gasteiger partial charge in [-0.05, 0) is 24.3 Å². The van der Waals surface area contributed by atoms with Gasteiger partial charge in [0.1, 0.15) is 17.2 Å². The van der Waals surface area contributed by atoms with Crippen LogP contribution in [-0.4, -0.2) is 10.2 Å². The molecule has 0 bridgehead atoms. The van der Waals surface area contributed by atoms with Crippen LogP contribution in [0.5, 0.6) is 11.5 Å². The Hall–Kier alpha value is -2.36. The van der Waals surface area contributed by atoms with Crippen LogP contribution in [0.1, 0.15) is 0 Å². The zero-order valence-corrected chi connectivity index (χ0v) is 8.51. The molecule has 0 heterocycles. The molecule has 0 amide bonds. The quantitative estimate of drug-likeness (QED) is 0.470. The number of phenols is 2. The Morgan fingerprint density at radius 1 is 0.688 bits per heavy atom. The Kier molecular flexibility index (Phi) is 2.82. The second-order valence-electron chi connectivity index (χ2n) is 3.29. The van der Waals surface area contributed by atoms with Crippen LogP contribution < -0.4 is 10.9 Å². The molecule has 4 heteroatoms. The highest BCUT2D eigenvalue weighted by molar-refractivity contribution is 5.67. The minimum atomic E-state index is -0.0107. The summed E-state index contributed by atoms with van der Waals surface area (Å²) in [6, 6.07) is 14.0. The van der Waals surface area contributed by atoms with Gasteiger partial charge in [-0.2, -0.15) is 0 Å². The highest BCUT2D eigenvalue weighted by Crippen LogP contribution is 2.32. The van der Waals surface area contributed by atoms with E-state index < -0.39 is 0 Å². The van der Waals surface area contributed by atoms with Gasteiger partial charge in [0.2, 0.25) is 0 Å². The Balaban J connectivity index is 2.11. The van der Waals surface area contributed by atoms with E-state index >= 15 is 0 Å². The summed E-state index contributed by atoms with van der Waals surface area (Å²) in [4.78, 5) is 0. The Bertz CT molecular complexity index is 451. The maximum atomic E-state index is 9.51. The van der Waals surface area contributed by atoms with Crippen LogP contribution in [0.15, 0.2) is 48.5 Å². The summed E-state index contributed by atoms with van der Waals surface area (Å²) in [5.41, 5.74) is 6.71. The van der Waals surface area contributed by atoms with Gasteiger partial charge in [0.25, 0.3) is 0 Å². The topological polar surface area (TPSA) is 64.5 Å². The van der Waals surface area contributed by atoms with Crippen LogP contribution >= 0.6 is 0 Å². The minimum Gasteiger partial charge on any atom is -0.506 e. The maximum absolute atomic E-state index is 9.51. The molecule has 0 spiro atoms. The van der Waals surface area contributed by atoms with Gasteiger partial charge >= 0.3 is 0 Å². The third-order valence-corrected chi connectivity index (χ3v) is 2.13. The smallest absolute Gasteiger partial charge is 0.144 e. The first-order chi connectivity index (χ1) is 7.77. The van der Waals surface area contributed by atoms with Crippen LogP contribution in [0.4, 0.5) is 11.4 Å². The number of para-hydroxylation sites is 2. The zero-order chi connectivity index (χ0) is 11.4. The standard InChI is InChI=1S/C12H12N2O2/c15-10-7-4-8-11(16)12(10)14-13-9-5-2-1-3-6-9/h1-8,13-16H. The number of hydrogen-bond donors (Lipinski definition) is 4. The number of rotatable bonds is 3. The van der Waals surface area contributed by atoms with Crippen LogP contribution in [0.3, 0.4) is 0 Å². The molecule has 0 aromatic heterocycles. The second kappa shape index (κ2) is 4.44. The van der Waals surface area contributed by atoms with Crippen molar-refractivity contribution in [1.82, 2.24) is 0 Å². The summed E-state index contributed by atoms with van der Waals surface area (Å²) >= 11 is 0. The first kappa shape index (κ1) is 10.2. The lowest BCUT2D eigenvalue weighted by molar-refractivity contribution is 0.454. The zero-order valence-electron chi connectivity index (χ0n) is 8.51. The molecule has 82 valence electrons. The van der Waals surface area contributed by atoms with Gasteiger partial charge in [-0.25, -0.2) is 0 Å². The fourth-order valence-electron chi connectivity index (χ4n) is 1.31. The van der Waals surface area contributed by atoms with Gasteiger partial charge in [-0.3, -0.25) is 5.43 Å². The highest BCUT2D eigenvalue weighted by atomic mass is 16.3. The molecule has 2 aromatic carbocycles. The van der Waals surface area contributed by atoms with E-state index in [1.165, 1.54) is 12.1 Å². The molecule has 16 heavy (non-hydrogen) atoms. The maximum Gasteiger partial charge on any atom is 0.144 e. The first-order valence-electron chi connectivity index (χ1n) is 4.85. The second-order valence-corrected chi connectivity index (χ2v) is 3.29. The Morgan fingerprint density at radius 2 is 1.31 bits per heavy atom. The number of anilines is 2. The van der Waals surface area contributed by atoms with E-state index in [4.69, 9.17) is 0 Å². The van der Waals surface area contributed by atoms with Crippen LogP contribution in [-0.2, 0) is 0 Å². The summed E-state index contributed by atoms with van der Waals surface area (Å²) in [6.07, 6.45) is 0. The number of hydrazine groups is 1. The first-order valence-corrected chi connectivity index (χ1v) is 4.85. The van der Waals surface area contributed by atoms with Gasteiger partial charge in [-0.1, -0.05) is 24.3 Å². The summed E-state index contributed by atoms with van der Waals surface area (Å²) < 4.78 is 0. The summed E-state index contributed by atoms with van der Waals surface area (Å²) in [5.74, 6) is -0.0214. The molecule has 4 N–H and O–H groups in total. The number of hydrogen-bond acceptors (Lipinski definition) is 4. The van der Waals surface area contributed by atoms with Crippen LogP contribution in [0, 0.1) is 0 Å². The van der Waals surface area contributed by atoms with Crippen molar-refractivity contribution in [3.63, 3.8) is 0 Å². The van der Waals surface area contributed by atoms with Gasteiger partial charge in [0.15, 0.2) is 0 Å². The lowest BCUT2D eigenvalue weighted by Gasteiger charge is -2.12. The van der Waals surface area contributed by atoms with E-state index in [0.29, 0.717) is 0 Å². The molecule has 0 unspecified atom stereocenters.